The Morgan fingerprint density at radius 1 is 0.264 bits per heavy atom. The van der Waals surface area contributed by atoms with E-state index in [1.165, 1.54) is 0 Å². The highest BCUT2D eigenvalue weighted by Gasteiger charge is 2.32. The zero-order valence-electron chi connectivity index (χ0n) is 39.7. The minimum Gasteiger partial charge on any atom is -0.467 e. The summed E-state index contributed by atoms with van der Waals surface area (Å²) in [6, 6.07) is -14.4. The van der Waals surface area contributed by atoms with Crippen molar-refractivity contribution in [2.24, 2.45) is 0 Å². The highest BCUT2D eigenvalue weighted by molar-refractivity contribution is 8.77. The quantitative estimate of drug-likeness (QED) is 0.0825. The Labute approximate surface area is 444 Å². The van der Waals surface area contributed by atoms with Crippen LogP contribution in [0.25, 0.3) is 0 Å². The minimum atomic E-state index is -1.31. The minimum absolute atomic E-state index is 0.156. The Kier molecular flexibility index (Phi) is 34.1. The van der Waals surface area contributed by atoms with Gasteiger partial charge in [0.05, 0.1) is 56.9 Å². The monoisotopic (exact) mass is 1180 g/mol. The number of esters is 8. The third-order valence-corrected chi connectivity index (χ3v) is 18.2. The summed E-state index contributed by atoms with van der Waals surface area (Å²) in [4.78, 5) is 154. The number of hydrogen-bond acceptors (Lipinski definition) is 28. The lowest BCUT2D eigenvalue weighted by atomic mass is 10.3. The molecular weight excluding hydrogens is 1120 g/mol. The van der Waals surface area contributed by atoms with Gasteiger partial charge < -0.3 is 80.4 Å². The number of methoxy groups -OCH3 is 8. The Hall–Kier alpha value is -4.36. The Morgan fingerprint density at radius 2 is 0.361 bits per heavy atom. The van der Waals surface area contributed by atoms with Gasteiger partial charge in [-0.3, -0.25) is 0 Å². The highest BCUT2D eigenvalue weighted by Crippen LogP contribution is 2.27. The second-order valence-corrected chi connectivity index (χ2v) is 23.6. The smallest absolute Gasteiger partial charge is 0.329 e. The fourth-order valence-corrected chi connectivity index (χ4v) is 14.0. The summed E-state index contributed by atoms with van der Waals surface area (Å²) in [6.07, 6.45) is 0. The van der Waals surface area contributed by atoms with Crippen molar-refractivity contribution >= 4 is 158 Å². The van der Waals surface area contributed by atoms with Crippen LogP contribution < -0.4 is 42.5 Å². The van der Waals surface area contributed by atoms with Crippen molar-refractivity contribution in [3.05, 3.63) is 0 Å². The number of carbonyl (C=O) groups excluding carboxylic acids is 12. The van der Waals surface area contributed by atoms with Gasteiger partial charge in [-0.1, -0.05) is 86.4 Å². The van der Waals surface area contributed by atoms with Crippen LogP contribution in [0.3, 0.4) is 0 Å². The molecule has 0 aromatic carbocycles. The largest absolute Gasteiger partial charge is 0.467 e. The Balaban J connectivity index is 3.46. The predicted molar refractivity (Wildman–Crippen MR) is 273 cm³/mol. The number of urea groups is 4. The summed E-state index contributed by atoms with van der Waals surface area (Å²) >= 11 is 0. The van der Waals surface area contributed by atoms with Crippen LogP contribution in [0.2, 0.25) is 0 Å². The summed E-state index contributed by atoms with van der Waals surface area (Å²) in [5.74, 6) is -8.28. The topological polar surface area (TPSA) is 375 Å². The van der Waals surface area contributed by atoms with Gasteiger partial charge in [0.1, 0.15) is 48.3 Å². The van der Waals surface area contributed by atoms with Crippen LogP contribution in [0.15, 0.2) is 0 Å². The van der Waals surface area contributed by atoms with E-state index in [-0.39, 0.29) is 46.0 Å². The first-order valence-electron chi connectivity index (χ1n) is 20.2. The molecule has 0 saturated carbocycles. The van der Waals surface area contributed by atoms with Crippen LogP contribution in [0.5, 0.6) is 0 Å². The van der Waals surface area contributed by atoms with Gasteiger partial charge in [0.2, 0.25) is 0 Å². The first kappa shape index (κ1) is 65.7. The molecule has 8 atom stereocenters. The van der Waals surface area contributed by atoms with Gasteiger partial charge in [-0.25, -0.2) is 57.5 Å². The van der Waals surface area contributed by atoms with Crippen molar-refractivity contribution in [1.29, 1.82) is 0 Å². The second kappa shape index (κ2) is 37.4. The molecule has 1 aliphatic heterocycles. The number of amides is 8. The third kappa shape index (κ3) is 25.5. The normalized spacial score (nSPS) is 24.7. The molecule has 1 heterocycles. The maximum Gasteiger partial charge on any atom is 0.329 e. The number of rotatable bonds is 8. The van der Waals surface area contributed by atoms with E-state index in [9.17, 15) is 57.5 Å². The average molecular weight is 1180 g/mol. The molecule has 1 aliphatic rings. The molecule has 1 saturated heterocycles. The third-order valence-electron chi connectivity index (χ3n) is 8.54. The lowest BCUT2D eigenvalue weighted by molar-refractivity contribution is -0.143. The zero-order chi connectivity index (χ0) is 54.2. The Morgan fingerprint density at radius 3 is 0.444 bits per heavy atom. The van der Waals surface area contributed by atoms with Crippen molar-refractivity contribution in [2.75, 3.05) is 103 Å². The molecule has 0 aromatic heterocycles. The van der Waals surface area contributed by atoms with E-state index in [0.29, 0.717) is 0 Å². The van der Waals surface area contributed by atoms with Crippen LogP contribution in [0, 0.1) is 0 Å². The van der Waals surface area contributed by atoms with Gasteiger partial charge in [-0.2, -0.15) is 0 Å². The van der Waals surface area contributed by atoms with Gasteiger partial charge >= 0.3 is 71.9 Å². The molecule has 408 valence electrons. The van der Waals surface area contributed by atoms with Gasteiger partial charge in [-0.15, -0.1) is 0 Å². The molecule has 8 unspecified atom stereocenters. The maximum absolute atomic E-state index is 13.1. The van der Waals surface area contributed by atoms with Crippen LogP contribution in [-0.4, -0.2) is 223 Å². The van der Waals surface area contributed by atoms with Crippen molar-refractivity contribution in [2.45, 2.75) is 48.3 Å². The fourth-order valence-electron chi connectivity index (χ4n) is 4.85. The summed E-state index contributed by atoms with van der Waals surface area (Å²) in [6.45, 7) is 0. The second-order valence-electron chi connectivity index (χ2n) is 13.4. The van der Waals surface area contributed by atoms with Crippen LogP contribution >= 0.6 is 86.4 Å². The molecule has 0 aliphatic carbocycles. The molecular formula is C36H56N8O20S8. The molecule has 8 amide bonds. The Bertz CT molecular complexity index is 1490. The first-order chi connectivity index (χ1) is 34.3. The highest BCUT2D eigenvalue weighted by atomic mass is 33.1. The van der Waals surface area contributed by atoms with E-state index in [4.69, 9.17) is 37.9 Å². The van der Waals surface area contributed by atoms with Gasteiger partial charge in [-0.05, 0) is 0 Å². The maximum atomic E-state index is 13.1. The number of carbonyl (C=O) groups is 12. The standard InChI is InChI=1S/C36H56N8O20S8/c1-57-25(45)17-9-65-66-10-19(27(47)59-3)39-34(54)40-21(29(49)61-5)13-69-70-14-23(31(51)63-7)43-36(56)44-24(32(52)64-8)16-72-71-15-22(30(50)62-6)42-35(55)41-20(28(48)60-4)12-68-67-11-18(26(46)58-2)38-33(53)37-17/h17-24H,9-16H2,1-8H3,(H2,37,38,53)(H2,39,40,54)(H2,41,42,55)(H2,43,44,56). The molecule has 72 heavy (non-hydrogen) atoms. The first-order valence-corrected chi connectivity index (χ1v) is 30.2. The average Bonchev–Trinajstić information content (AvgIpc) is 3.37. The summed E-state index contributed by atoms with van der Waals surface area (Å²) < 4.78 is 38.5. The van der Waals surface area contributed by atoms with Crippen LogP contribution in [-0.2, 0) is 76.3 Å². The zero-order valence-corrected chi connectivity index (χ0v) is 46.2. The summed E-state index contributed by atoms with van der Waals surface area (Å²) in [5, 5.41) is 19.2. The van der Waals surface area contributed by atoms with Crippen LogP contribution in [0.4, 0.5) is 19.2 Å². The predicted octanol–water partition coefficient (Wildman–Crippen LogP) is -0.945. The van der Waals surface area contributed by atoms with Gasteiger partial charge in [0, 0.05) is 46.0 Å². The van der Waals surface area contributed by atoms with E-state index in [2.05, 4.69) is 42.5 Å². The number of ether oxygens (including phenoxy) is 8. The lowest BCUT2D eigenvalue weighted by Gasteiger charge is -2.22. The van der Waals surface area contributed by atoms with E-state index in [1.54, 1.807) is 0 Å². The molecule has 0 spiro atoms. The van der Waals surface area contributed by atoms with Crippen LogP contribution in [0.1, 0.15) is 0 Å². The summed E-state index contributed by atoms with van der Waals surface area (Å²) in [7, 11) is 16.5. The molecule has 1 fully saturated rings. The molecule has 1 rings (SSSR count). The molecule has 28 nitrogen and oxygen atoms in total. The molecule has 0 bridgehead atoms. The van der Waals surface area contributed by atoms with Gasteiger partial charge in [0.15, 0.2) is 0 Å². The SMILES string of the molecule is COC(=O)C1CSSCC(C(=O)OC)NC(=O)NC(C(=O)OC)CSSCC(C(=O)OC)NC(=O)NC(C(=O)OC)CSSCC(C(=O)OC)NC(=O)NC(C(=O)OC)CSSCC(C(=O)OC)NC(=O)N1. The van der Waals surface area contributed by atoms with Gasteiger partial charge in [0.25, 0.3) is 0 Å². The van der Waals surface area contributed by atoms with Crippen molar-refractivity contribution in [1.82, 2.24) is 42.5 Å². The molecule has 36 heteroatoms. The molecule has 0 radical (unpaired) electrons. The van der Waals surface area contributed by atoms with E-state index < -0.39 is 120 Å². The van der Waals surface area contributed by atoms with E-state index >= 15 is 0 Å². The van der Waals surface area contributed by atoms with Crippen molar-refractivity contribution in [3.63, 3.8) is 0 Å². The number of nitrogens with one attached hydrogen (secondary N) is 8. The van der Waals surface area contributed by atoms with E-state index in [0.717, 1.165) is 143 Å². The molecule has 0 aromatic rings. The molecule has 8 N–H and O–H groups in total. The number of hydrogen-bond donors (Lipinski definition) is 8. The van der Waals surface area contributed by atoms with E-state index in [1.807, 2.05) is 0 Å². The van der Waals surface area contributed by atoms with Crippen molar-refractivity contribution in [3.8, 4) is 0 Å². The van der Waals surface area contributed by atoms with Crippen molar-refractivity contribution < 1.29 is 95.4 Å². The lowest BCUT2D eigenvalue weighted by Crippen LogP contribution is -2.53. The summed E-state index contributed by atoms with van der Waals surface area (Å²) in [5.41, 5.74) is 0. The fraction of sp³-hybridized carbons (Fsp3) is 0.667.